The zero-order valence-corrected chi connectivity index (χ0v) is 11.6. The molecule has 6 heteroatoms. The maximum Gasteiger partial charge on any atom is 0.307 e. The lowest BCUT2D eigenvalue weighted by Gasteiger charge is -2.00. The minimum atomic E-state index is -0.918. The molecule has 3 rings (SSSR count). The Kier molecular flexibility index (Phi) is 3.50. The van der Waals surface area contributed by atoms with Crippen molar-refractivity contribution in [2.75, 3.05) is 0 Å². The van der Waals surface area contributed by atoms with Gasteiger partial charge in [-0.3, -0.25) is 4.79 Å². The molecule has 2 heterocycles. The molecule has 0 aliphatic carbocycles. The SMILES string of the molecule is O=C(O)Cc1cn(-c2ccc(Cl)cc2)nc1-c1ccco1. The maximum absolute atomic E-state index is 11.0. The highest BCUT2D eigenvalue weighted by Gasteiger charge is 2.16. The average Bonchev–Trinajstić information content (AvgIpc) is 3.08. The molecule has 3 aromatic rings. The molecule has 0 aliphatic rings. The van der Waals surface area contributed by atoms with Crippen molar-refractivity contribution in [1.29, 1.82) is 0 Å². The number of carbonyl (C=O) groups is 1. The van der Waals surface area contributed by atoms with E-state index in [1.54, 1.807) is 35.1 Å². The number of hydrogen-bond donors (Lipinski definition) is 1. The van der Waals surface area contributed by atoms with Gasteiger partial charge in [-0.2, -0.15) is 5.10 Å². The number of furan rings is 1. The quantitative estimate of drug-likeness (QED) is 0.802. The van der Waals surface area contributed by atoms with E-state index >= 15 is 0 Å². The third-order valence-corrected chi connectivity index (χ3v) is 3.23. The van der Waals surface area contributed by atoms with E-state index in [0.29, 0.717) is 22.0 Å². The Bertz CT molecular complexity index is 761. The summed E-state index contributed by atoms with van der Waals surface area (Å²) in [6.45, 7) is 0. The van der Waals surface area contributed by atoms with Crippen LogP contribution in [0.5, 0.6) is 0 Å². The summed E-state index contributed by atoms with van der Waals surface area (Å²) in [6.07, 6.45) is 3.10. The predicted octanol–water partition coefficient (Wildman–Crippen LogP) is 3.41. The fourth-order valence-electron chi connectivity index (χ4n) is 2.05. The predicted molar refractivity (Wildman–Crippen MR) is 77.6 cm³/mol. The molecular formula is C15H11ClN2O3. The first kappa shape index (κ1) is 13.5. The van der Waals surface area contributed by atoms with Gasteiger partial charge >= 0.3 is 5.97 Å². The fourth-order valence-corrected chi connectivity index (χ4v) is 2.17. The van der Waals surface area contributed by atoms with Crippen LogP contribution >= 0.6 is 11.6 Å². The number of aromatic nitrogens is 2. The molecular weight excluding hydrogens is 292 g/mol. The molecule has 0 atom stereocenters. The summed E-state index contributed by atoms with van der Waals surface area (Å²) in [5.74, 6) is -0.377. The monoisotopic (exact) mass is 302 g/mol. The smallest absolute Gasteiger partial charge is 0.307 e. The van der Waals surface area contributed by atoms with Crippen molar-refractivity contribution in [1.82, 2.24) is 9.78 Å². The van der Waals surface area contributed by atoms with E-state index in [2.05, 4.69) is 5.10 Å². The second-order valence-corrected chi connectivity index (χ2v) is 4.91. The van der Waals surface area contributed by atoms with E-state index < -0.39 is 5.97 Å². The standard InChI is InChI=1S/C15H11ClN2O3/c16-11-3-5-12(6-4-11)18-9-10(8-14(19)20)15(17-18)13-2-1-7-21-13/h1-7,9H,8H2,(H,19,20). The average molecular weight is 303 g/mol. The van der Waals surface area contributed by atoms with Crippen molar-refractivity contribution in [2.45, 2.75) is 6.42 Å². The topological polar surface area (TPSA) is 68.3 Å². The van der Waals surface area contributed by atoms with E-state index in [1.807, 2.05) is 12.1 Å². The number of aliphatic carboxylic acids is 1. The van der Waals surface area contributed by atoms with Crippen LogP contribution in [0, 0.1) is 0 Å². The first-order valence-electron chi connectivity index (χ1n) is 6.23. The molecule has 0 aliphatic heterocycles. The Balaban J connectivity index is 2.07. The molecule has 5 nitrogen and oxygen atoms in total. The maximum atomic E-state index is 11.0. The van der Waals surface area contributed by atoms with Gasteiger partial charge in [0.2, 0.25) is 0 Å². The molecule has 0 spiro atoms. The number of hydrogen-bond acceptors (Lipinski definition) is 3. The molecule has 1 N–H and O–H groups in total. The van der Waals surface area contributed by atoms with Gasteiger partial charge in [-0.1, -0.05) is 11.6 Å². The van der Waals surface area contributed by atoms with E-state index in [1.165, 1.54) is 6.26 Å². The molecule has 0 fully saturated rings. The van der Waals surface area contributed by atoms with E-state index in [9.17, 15) is 4.79 Å². The van der Waals surface area contributed by atoms with E-state index in [-0.39, 0.29) is 6.42 Å². The van der Waals surface area contributed by atoms with Crippen LogP contribution in [0.15, 0.2) is 53.3 Å². The number of carboxylic acids is 1. The first-order valence-corrected chi connectivity index (χ1v) is 6.61. The van der Waals surface area contributed by atoms with Crippen molar-refractivity contribution in [3.05, 3.63) is 59.4 Å². The zero-order valence-electron chi connectivity index (χ0n) is 10.9. The fraction of sp³-hybridized carbons (Fsp3) is 0.0667. The number of nitrogens with zero attached hydrogens (tertiary/aromatic N) is 2. The largest absolute Gasteiger partial charge is 0.481 e. The second kappa shape index (κ2) is 5.46. The number of benzene rings is 1. The highest BCUT2D eigenvalue weighted by molar-refractivity contribution is 6.30. The molecule has 106 valence electrons. The molecule has 2 aromatic heterocycles. The lowest BCUT2D eigenvalue weighted by atomic mass is 10.1. The molecule has 1 aromatic carbocycles. The van der Waals surface area contributed by atoms with Gasteiger partial charge in [-0.15, -0.1) is 0 Å². The Morgan fingerprint density at radius 2 is 2.05 bits per heavy atom. The van der Waals surface area contributed by atoms with Crippen LogP contribution in [0.2, 0.25) is 5.02 Å². The molecule has 0 saturated carbocycles. The summed E-state index contributed by atoms with van der Waals surface area (Å²) < 4.78 is 6.94. The van der Waals surface area contributed by atoms with E-state index in [0.717, 1.165) is 5.69 Å². The van der Waals surface area contributed by atoms with Crippen LogP contribution in [0.1, 0.15) is 5.56 Å². The van der Waals surface area contributed by atoms with Crippen molar-refractivity contribution in [3.63, 3.8) is 0 Å². The van der Waals surface area contributed by atoms with Crippen LogP contribution in [0.3, 0.4) is 0 Å². The van der Waals surface area contributed by atoms with Crippen molar-refractivity contribution in [2.24, 2.45) is 0 Å². The molecule has 0 unspecified atom stereocenters. The number of rotatable bonds is 4. The summed E-state index contributed by atoms with van der Waals surface area (Å²) in [7, 11) is 0. The summed E-state index contributed by atoms with van der Waals surface area (Å²) >= 11 is 5.86. The summed E-state index contributed by atoms with van der Waals surface area (Å²) in [6, 6.07) is 10.6. The summed E-state index contributed by atoms with van der Waals surface area (Å²) in [5, 5.41) is 14.1. The Labute approximate surface area is 125 Å². The third kappa shape index (κ3) is 2.83. The van der Waals surface area contributed by atoms with Crippen LogP contribution in [-0.2, 0) is 11.2 Å². The summed E-state index contributed by atoms with van der Waals surface area (Å²) in [4.78, 5) is 11.0. The molecule has 0 bridgehead atoms. The van der Waals surface area contributed by atoms with Gasteiger partial charge in [-0.25, -0.2) is 4.68 Å². The van der Waals surface area contributed by atoms with Gasteiger partial charge < -0.3 is 9.52 Å². The lowest BCUT2D eigenvalue weighted by Crippen LogP contribution is -2.00. The van der Waals surface area contributed by atoms with Gasteiger partial charge in [0.15, 0.2) is 5.76 Å². The normalized spacial score (nSPS) is 10.7. The number of halogens is 1. The van der Waals surface area contributed by atoms with Gasteiger partial charge in [0.25, 0.3) is 0 Å². The highest BCUT2D eigenvalue weighted by Crippen LogP contribution is 2.25. The van der Waals surface area contributed by atoms with Crippen LogP contribution in [-0.4, -0.2) is 20.9 Å². The zero-order chi connectivity index (χ0) is 14.8. The Morgan fingerprint density at radius 3 is 2.67 bits per heavy atom. The van der Waals surface area contributed by atoms with Crippen LogP contribution < -0.4 is 0 Å². The van der Waals surface area contributed by atoms with Crippen molar-refractivity contribution < 1.29 is 14.3 Å². The lowest BCUT2D eigenvalue weighted by molar-refractivity contribution is -0.136. The minimum Gasteiger partial charge on any atom is -0.481 e. The Hall–Kier alpha value is -2.53. The van der Waals surface area contributed by atoms with Gasteiger partial charge in [-0.05, 0) is 36.4 Å². The van der Waals surface area contributed by atoms with Crippen LogP contribution in [0.4, 0.5) is 0 Å². The van der Waals surface area contributed by atoms with Gasteiger partial charge in [0.1, 0.15) is 5.69 Å². The molecule has 0 saturated heterocycles. The third-order valence-electron chi connectivity index (χ3n) is 2.98. The van der Waals surface area contributed by atoms with Crippen molar-refractivity contribution in [3.8, 4) is 17.1 Å². The first-order chi connectivity index (χ1) is 10.1. The van der Waals surface area contributed by atoms with Gasteiger partial charge in [0, 0.05) is 16.8 Å². The van der Waals surface area contributed by atoms with Gasteiger partial charge in [0.05, 0.1) is 18.4 Å². The van der Waals surface area contributed by atoms with Crippen molar-refractivity contribution >= 4 is 17.6 Å². The number of carboxylic acid groups (broad SMARTS) is 1. The summed E-state index contributed by atoms with van der Waals surface area (Å²) in [5.41, 5.74) is 1.91. The van der Waals surface area contributed by atoms with Crippen LogP contribution in [0.25, 0.3) is 17.1 Å². The Morgan fingerprint density at radius 1 is 1.29 bits per heavy atom. The minimum absolute atomic E-state index is 0.121. The molecule has 21 heavy (non-hydrogen) atoms. The highest BCUT2D eigenvalue weighted by atomic mass is 35.5. The second-order valence-electron chi connectivity index (χ2n) is 4.47. The molecule has 0 radical (unpaired) electrons. The molecule has 0 amide bonds. The van der Waals surface area contributed by atoms with E-state index in [4.69, 9.17) is 21.1 Å².